The molecular weight excluding hydrogens is 432 g/mol. The maximum Gasteiger partial charge on any atom is 0.254 e. The Balaban J connectivity index is 1.92. The van der Waals surface area contributed by atoms with Gasteiger partial charge < -0.3 is 20.4 Å². The van der Waals surface area contributed by atoms with Crippen LogP contribution in [-0.2, 0) is 16.0 Å². The first kappa shape index (κ1) is 24.7. The summed E-state index contributed by atoms with van der Waals surface area (Å²) in [5.74, 6) is 0.262. The van der Waals surface area contributed by atoms with E-state index in [0.717, 1.165) is 12.0 Å². The second-order valence-corrected chi connectivity index (χ2v) is 8.12. The normalized spacial score (nSPS) is 11.5. The lowest BCUT2D eigenvalue weighted by Gasteiger charge is -2.19. The highest BCUT2D eigenvalue weighted by Gasteiger charge is 2.21. The lowest BCUT2D eigenvalue weighted by atomic mass is 10.0. The van der Waals surface area contributed by atoms with E-state index in [-0.39, 0.29) is 17.4 Å². The van der Waals surface area contributed by atoms with Crippen molar-refractivity contribution < 1.29 is 14.3 Å². The van der Waals surface area contributed by atoms with Crippen LogP contribution in [0.4, 0.5) is 5.69 Å². The number of nitrogens with zero attached hydrogens (tertiary/aromatic N) is 1. The zero-order valence-electron chi connectivity index (χ0n) is 19.9. The number of amides is 2. The SMILES string of the molecule is CCCOc1ccc(NC(=O)C(Cc2ccccc2)NC(C)=O)cc1-c1nc(C)c(C)c(=O)[nH]1. The van der Waals surface area contributed by atoms with Gasteiger partial charge in [0.25, 0.3) is 5.56 Å². The summed E-state index contributed by atoms with van der Waals surface area (Å²) in [5.41, 5.74) is 2.91. The van der Waals surface area contributed by atoms with Crippen molar-refractivity contribution in [2.24, 2.45) is 0 Å². The van der Waals surface area contributed by atoms with E-state index in [1.54, 1.807) is 32.0 Å². The van der Waals surface area contributed by atoms with Crippen molar-refractivity contribution in [3.63, 3.8) is 0 Å². The Kier molecular flexibility index (Phi) is 8.19. The predicted octanol–water partition coefficient (Wildman–Crippen LogP) is 3.53. The van der Waals surface area contributed by atoms with Crippen molar-refractivity contribution >= 4 is 17.5 Å². The van der Waals surface area contributed by atoms with Gasteiger partial charge >= 0.3 is 0 Å². The van der Waals surface area contributed by atoms with Gasteiger partial charge in [-0.2, -0.15) is 0 Å². The van der Waals surface area contributed by atoms with Gasteiger partial charge in [0.1, 0.15) is 17.6 Å². The Morgan fingerprint density at radius 3 is 2.50 bits per heavy atom. The van der Waals surface area contributed by atoms with Crippen LogP contribution in [0.1, 0.15) is 37.1 Å². The van der Waals surface area contributed by atoms with Gasteiger partial charge in [0.05, 0.1) is 12.2 Å². The predicted molar refractivity (Wildman–Crippen MR) is 132 cm³/mol. The molecule has 8 heteroatoms. The Morgan fingerprint density at radius 1 is 1.12 bits per heavy atom. The first-order valence-corrected chi connectivity index (χ1v) is 11.2. The molecular formula is C26H30N4O4. The monoisotopic (exact) mass is 462 g/mol. The van der Waals surface area contributed by atoms with Crippen molar-refractivity contribution in [1.82, 2.24) is 15.3 Å². The first-order valence-electron chi connectivity index (χ1n) is 11.2. The average Bonchev–Trinajstić information content (AvgIpc) is 2.81. The maximum absolute atomic E-state index is 13.1. The summed E-state index contributed by atoms with van der Waals surface area (Å²) in [6.07, 6.45) is 1.16. The molecule has 8 nitrogen and oxygen atoms in total. The number of hydrogen-bond donors (Lipinski definition) is 3. The van der Waals surface area contributed by atoms with Gasteiger partial charge in [-0.1, -0.05) is 37.3 Å². The van der Waals surface area contributed by atoms with Crippen molar-refractivity contribution in [3.05, 3.63) is 75.7 Å². The van der Waals surface area contributed by atoms with Crippen LogP contribution in [0.25, 0.3) is 11.4 Å². The van der Waals surface area contributed by atoms with E-state index >= 15 is 0 Å². The zero-order valence-corrected chi connectivity index (χ0v) is 19.9. The largest absolute Gasteiger partial charge is 0.493 e. The number of aromatic amines is 1. The summed E-state index contributed by atoms with van der Waals surface area (Å²) in [6.45, 7) is 7.36. The summed E-state index contributed by atoms with van der Waals surface area (Å²) in [6, 6.07) is 13.9. The highest BCUT2D eigenvalue weighted by Crippen LogP contribution is 2.31. The standard InChI is InChI=1S/C26H30N4O4/c1-5-13-34-23-12-11-20(15-21(23)24-27-17(3)16(2)25(32)30-24)29-26(33)22(28-18(4)31)14-19-9-7-6-8-10-19/h6-12,15,22H,5,13-14H2,1-4H3,(H,28,31)(H,29,33)(H,27,30,32). The molecule has 0 radical (unpaired) electrons. The van der Waals surface area contributed by atoms with E-state index in [4.69, 9.17) is 4.74 Å². The molecule has 2 amide bonds. The molecule has 3 aromatic rings. The number of benzene rings is 2. The molecule has 0 aliphatic carbocycles. The lowest BCUT2D eigenvalue weighted by molar-refractivity contribution is -0.125. The molecule has 3 rings (SSSR count). The molecule has 0 aliphatic rings. The summed E-state index contributed by atoms with van der Waals surface area (Å²) < 4.78 is 5.86. The van der Waals surface area contributed by atoms with Gasteiger partial charge in [0.15, 0.2) is 0 Å². The molecule has 0 bridgehead atoms. The Morgan fingerprint density at radius 2 is 1.85 bits per heavy atom. The minimum atomic E-state index is -0.751. The molecule has 3 N–H and O–H groups in total. The smallest absolute Gasteiger partial charge is 0.254 e. The van der Waals surface area contributed by atoms with E-state index in [2.05, 4.69) is 20.6 Å². The maximum atomic E-state index is 13.1. The number of carbonyl (C=O) groups is 2. The molecule has 0 saturated heterocycles. The number of H-pyrrole nitrogens is 1. The van der Waals surface area contributed by atoms with E-state index in [0.29, 0.717) is 47.1 Å². The minimum Gasteiger partial charge on any atom is -0.493 e. The minimum absolute atomic E-state index is 0.230. The fourth-order valence-electron chi connectivity index (χ4n) is 3.44. The summed E-state index contributed by atoms with van der Waals surface area (Å²) in [4.78, 5) is 44.5. The van der Waals surface area contributed by atoms with Crippen LogP contribution in [0.2, 0.25) is 0 Å². The number of ether oxygens (including phenoxy) is 1. The fourth-order valence-corrected chi connectivity index (χ4v) is 3.44. The van der Waals surface area contributed by atoms with Crippen molar-refractivity contribution in [2.45, 2.75) is 46.6 Å². The molecule has 1 heterocycles. The number of hydrogen-bond acceptors (Lipinski definition) is 5. The Hall–Kier alpha value is -3.94. The van der Waals surface area contributed by atoms with Gasteiger partial charge in [-0.05, 0) is 44.0 Å². The average molecular weight is 463 g/mol. The van der Waals surface area contributed by atoms with Crippen LogP contribution in [0.15, 0.2) is 53.3 Å². The number of carbonyl (C=O) groups excluding carboxylic acids is 2. The van der Waals surface area contributed by atoms with Gasteiger partial charge in [0, 0.05) is 30.3 Å². The molecule has 0 saturated carbocycles. The molecule has 1 unspecified atom stereocenters. The molecule has 0 spiro atoms. The van der Waals surface area contributed by atoms with Gasteiger partial charge in [-0.3, -0.25) is 14.4 Å². The van der Waals surface area contributed by atoms with Gasteiger partial charge in [-0.15, -0.1) is 0 Å². The summed E-state index contributed by atoms with van der Waals surface area (Å²) >= 11 is 0. The van der Waals surface area contributed by atoms with Gasteiger partial charge in [-0.25, -0.2) is 4.98 Å². The van der Waals surface area contributed by atoms with Crippen molar-refractivity contribution in [3.8, 4) is 17.1 Å². The third-order valence-electron chi connectivity index (χ3n) is 5.34. The van der Waals surface area contributed by atoms with E-state index in [9.17, 15) is 14.4 Å². The number of aromatic nitrogens is 2. The van der Waals surface area contributed by atoms with Gasteiger partial charge in [0.2, 0.25) is 11.8 Å². The molecule has 178 valence electrons. The topological polar surface area (TPSA) is 113 Å². The van der Waals surface area contributed by atoms with Crippen LogP contribution in [0.5, 0.6) is 5.75 Å². The van der Waals surface area contributed by atoms with Crippen LogP contribution in [-0.4, -0.2) is 34.4 Å². The molecule has 34 heavy (non-hydrogen) atoms. The zero-order chi connectivity index (χ0) is 24.7. The van der Waals surface area contributed by atoms with Crippen LogP contribution in [0, 0.1) is 13.8 Å². The fraction of sp³-hybridized carbons (Fsp3) is 0.308. The van der Waals surface area contributed by atoms with E-state index in [1.807, 2.05) is 37.3 Å². The van der Waals surface area contributed by atoms with E-state index in [1.165, 1.54) is 6.92 Å². The summed E-state index contributed by atoms with van der Waals surface area (Å²) in [7, 11) is 0. The number of anilines is 1. The molecule has 0 aliphatic heterocycles. The van der Waals surface area contributed by atoms with Crippen LogP contribution in [0.3, 0.4) is 0 Å². The third-order valence-corrected chi connectivity index (χ3v) is 5.34. The highest BCUT2D eigenvalue weighted by atomic mass is 16.5. The number of rotatable bonds is 9. The molecule has 1 atom stereocenters. The number of nitrogens with one attached hydrogen (secondary N) is 3. The number of aryl methyl sites for hydroxylation is 1. The van der Waals surface area contributed by atoms with Crippen LogP contribution >= 0.6 is 0 Å². The second kappa shape index (κ2) is 11.3. The first-order chi connectivity index (χ1) is 16.3. The van der Waals surface area contributed by atoms with E-state index < -0.39 is 6.04 Å². The molecule has 2 aromatic carbocycles. The van der Waals surface area contributed by atoms with Crippen molar-refractivity contribution in [2.75, 3.05) is 11.9 Å². The molecule has 0 fully saturated rings. The lowest BCUT2D eigenvalue weighted by Crippen LogP contribution is -2.44. The van der Waals surface area contributed by atoms with Crippen LogP contribution < -0.4 is 20.9 Å². The molecule has 1 aromatic heterocycles. The summed E-state index contributed by atoms with van der Waals surface area (Å²) in [5, 5.41) is 5.59. The Bertz CT molecular complexity index is 1220. The Labute approximate surface area is 198 Å². The highest BCUT2D eigenvalue weighted by molar-refractivity contribution is 5.97. The second-order valence-electron chi connectivity index (χ2n) is 8.12. The quantitative estimate of drug-likeness (QED) is 0.450. The third kappa shape index (κ3) is 6.31. The van der Waals surface area contributed by atoms with Crippen molar-refractivity contribution in [1.29, 1.82) is 0 Å².